The van der Waals surface area contributed by atoms with Crippen LogP contribution in [0.5, 0.6) is 0 Å². The second-order valence-corrected chi connectivity index (χ2v) is 6.45. The van der Waals surface area contributed by atoms with E-state index in [-0.39, 0.29) is 5.82 Å². The molecule has 0 aromatic heterocycles. The van der Waals surface area contributed by atoms with Gasteiger partial charge in [-0.1, -0.05) is 11.6 Å². The number of rotatable bonds is 1. The Morgan fingerprint density at radius 2 is 1.42 bits per heavy atom. The predicted octanol–water partition coefficient (Wildman–Crippen LogP) is 3.05. The third-order valence-corrected chi connectivity index (χ3v) is 4.43. The minimum Gasteiger partial charge on any atom is -0.399 e. The normalized spacial score (nSPS) is 20.9. The maximum Gasteiger partial charge on any atom is 0.495 e. The summed E-state index contributed by atoms with van der Waals surface area (Å²) in [5, 5.41) is 0. The Morgan fingerprint density at radius 3 is 1.89 bits per heavy atom. The van der Waals surface area contributed by atoms with E-state index in [1.165, 1.54) is 0 Å². The zero-order chi connectivity index (χ0) is 14.6. The largest absolute Gasteiger partial charge is 0.495 e. The van der Waals surface area contributed by atoms with E-state index in [0.717, 1.165) is 11.0 Å². The average Bonchev–Trinajstić information content (AvgIpc) is 2.44. The molecule has 4 heteroatoms. The van der Waals surface area contributed by atoms with E-state index < -0.39 is 18.3 Å². The van der Waals surface area contributed by atoms with Crippen molar-refractivity contribution in [2.75, 3.05) is 0 Å². The van der Waals surface area contributed by atoms with Crippen molar-refractivity contribution < 1.29 is 13.7 Å². The van der Waals surface area contributed by atoms with Gasteiger partial charge in [0.25, 0.3) is 0 Å². The van der Waals surface area contributed by atoms with E-state index in [2.05, 4.69) is 0 Å². The molecule has 1 heterocycles. The van der Waals surface area contributed by atoms with Gasteiger partial charge in [0.1, 0.15) is 5.82 Å². The summed E-state index contributed by atoms with van der Waals surface area (Å²) in [4.78, 5) is 0. The highest BCUT2D eigenvalue weighted by Crippen LogP contribution is 2.37. The fourth-order valence-corrected chi connectivity index (χ4v) is 2.50. The average molecular weight is 264 g/mol. The Balaban J connectivity index is 2.49. The van der Waals surface area contributed by atoms with Gasteiger partial charge in [-0.2, -0.15) is 0 Å². The molecule has 1 aromatic rings. The Morgan fingerprint density at radius 1 is 0.947 bits per heavy atom. The molecular weight excluding hydrogens is 242 g/mol. The zero-order valence-electron chi connectivity index (χ0n) is 12.8. The van der Waals surface area contributed by atoms with Crippen LogP contribution >= 0.6 is 0 Å². The van der Waals surface area contributed by atoms with E-state index in [4.69, 9.17) is 9.31 Å². The molecule has 2 nitrogen and oxygen atoms in total. The van der Waals surface area contributed by atoms with Crippen LogP contribution in [-0.4, -0.2) is 18.3 Å². The molecule has 0 saturated carbocycles. The van der Waals surface area contributed by atoms with Gasteiger partial charge in [-0.15, -0.1) is 0 Å². The molecule has 104 valence electrons. The number of hydrogen-bond donors (Lipinski definition) is 0. The van der Waals surface area contributed by atoms with E-state index in [1.54, 1.807) is 13.8 Å². The van der Waals surface area contributed by atoms with Gasteiger partial charge in [-0.3, -0.25) is 0 Å². The fourth-order valence-electron chi connectivity index (χ4n) is 2.50. The maximum atomic E-state index is 14.1. The van der Waals surface area contributed by atoms with Gasteiger partial charge < -0.3 is 9.31 Å². The third-order valence-electron chi connectivity index (χ3n) is 4.43. The van der Waals surface area contributed by atoms with Crippen molar-refractivity contribution in [1.29, 1.82) is 0 Å². The lowest BCUT2D eigenvalue weighted by Crippen LogP contribution is -2.41. The Kier molecular flexibility index (Phi) is 3.31. The molecule has 1 fully saturated rings. The molecule has 2 rings (SSSR count). The number of aryl methyl sites for hydroxylation is 2. The smallest absolute Gasteiger partial charge is 0.399 e. The summed E-state index contributed by atoms with van der Waals surface area (Å²) in [6.45, 7) is 13.5. The van der Waals surface area contributed by atoms with Gasteiger partial charge in [0.05, 0.1) is 11.2 Å². The van der Waals surface area contributed by atoms with E-state index >= 15 is 0 Å². The van der Waals surface area contributed by atoms with Crippen molar-refractivity contribution in [2.24, 2.45) is 0 Å². The lowest BCUT2D eigenvalue weighted by Gasteiger charge is -2.32. The molecule has 1 aliphatic rings. The summed E-state index contributed by atoms with van der Waals surface area (Å²) >= 11 is 0. The highest BCUT2D eigenvalue weighted by atomic mass is 19.1. The first-order valence-corrected chi connectivity index (χ1v) is 6.68. The van der Waals surface area contributed by atoms with Crippen LogP contribution in [0.1, 0.15) is 44.4 Å². The van der Waals surface area contributed by atoms with Gasteiger partial charge in [-0.25, -0.2) is 4.39 Å². The summed E-state index contributed by atoms with van der Waals surface area (Å²) in [5.41, 5.74) is 2.30. The molecule has 1 aliphatic heterocycles. The molecule has 0 atom stereocenters. The van der Waals surface area contributed by atoms with Crippen molar-refractivity contribution in [3.8, 4) is 0 Å². The second-order valence-electron chi connectivity index (χ2n) is 6.45. The summed E-state index contributed by atoms with van der Waals surface area (Å²) in [7, 11) is -0.500. The van der Waals surface area contributed by atoms with Gasteiger partial charge in [-0.05, 0) is 65.1 Å². The highest BCUT2D eigenvalue weighted by molar-refractivity contribution is 6.63. The lowest BCUT2D eigenvalue weighted by atomic mass is 9.73. The van der Waals surface area contributed by atoms with E-state index in [0.29, 0.717) is 11.1 Å². The first-order valence-electron chi connectivity index (χ1n) is 6.68. The molecule has 0 unspecified atom stereocenters. The zero-order valence-corrected chi connectivity index (χ0v) is 12.8. The minimum absolute atomic E-state index is 0.171. The summed E-state index contributed by atoms with van der Waals surface area (Å²) in [5.74, 6) is -0.171. The Bertz CT molecular complexity index is 507. The van der Waals surface area contributed by atoms with Crippen molar-refractivity contribution >= 4 is 12.6 Å². The summed E-state index contributed by atoms with van der Waals surface area (Å²) in [6, 6.07) is 1.85. The highest BCUT2D eigenvalue weighted by Gasteiger charge is 2.52. The second kappa shape index (κ2) is 4.32. The first kappa shape index (κ1) is 14.5. The summed E-state index contributed by atoms with van der Waals surface area (Å²) in [6.07, 6.45) is 0. The molecule has 0 radical (unpaired) electrons. The molecule has 0 aliphatic carbocycles. The quantitative estimate of drug-likeness (QED) is 0.726. The maximum absolute atomic E-state index is 14.1. The van der Waals surface area contributed by atoms with E-state index in [9.17, 15) is 4.39 Å². The minimum atomic E-state index is -0.500. The molecule has 0 amide bonds. The molecule has 0 N–H and O–H groups in total. The number of benzene rings is 1. The molecule has 19 heavy (non-hydrogen) atoms. The van der Waals surface area contributed by atoms with Crippen LogP contribution in [0.3, 0.4) is 0 Å². The molecular formula is C15H22BFO2. The van der Waals surface area contributed by atoms with Crippen LogP contribution in [0.2, 0.25) is 0 Å². The van der Waals surface area contributed by atoms with Gasteiger partial charge in [0.15, 0.2) is 0 Å². The fraction of sp³-hybridized carbons (Fsp3) is 0.600. The molecule has 0 bridgehead atoms. The van der Waals surface area contributed by atoms with Gasteiger partial charge in [0.2, 0.25) is 0 Å². The van der Waals surface area contributed by atoms with Crippen LogP contribution in [-0.2, 0) is 9.31 Å². The third kappa shape index (κ3) is 2.21. The van der Waals surface area contributed by atoms with Crippen LogP contribution in [0.4, 0.5) is 4.39 Å². The van der Waals surface area contributed by atoms with Crippen molar-refractivity contribution in [1.82, 2.24) is 0 Å². The van der Waals surface area contributed by atoms with Crippen molar-refractivity contribution in [3.05, 3.63) is 28.6 Å². The summed E-state index contributed by atoms with van der Waals surface area (Å²) < 4.78 is 26.1. The topological polar surface area (TPSA) is 18.5 Å². The molecule has 1 saturated heterocycles. The lowest BCUT2D eigenvalue weighted by molar-refractivity contribution is 0.00578. The van der Waals surface area contributed by atoms with Crippen molar-refractivity contribution in [2.45, 2.75) is 59.7 Å². The van der Waals surface area contributed by atoms with Crippen LogP contribution in [0.25, 0.3) is 0 Å². The van der Waals surface area contributed by atoms with Crippen LogP contribution in [0.15, 0.2) is 6.07 Å². The monoisotopic (exact) mass is 264 g/mol. The predicted molar refractivity (Wildman–Crippen MR) is 76.3 cm³/mol. The van der Waals surface area contributed by atoms with E-state index in [1.807, 2.05) is 40.7 Å². The SMILES string of the molecule is Cc1cc(C)c(B2OC(C)(C)C(C)(C)O2)c(C)c1F. The van der Waals surface area contributed by atoms with Gasteiger partial charge in [0, 0.05) is 0 Å². The van der Waals surface area contributed by atoms with Crippen molar-refractivity contribution in [3.63, 3.8) is 0 Å². The van der Waals surface area contributed by atoms with Gasteiger partial charge >= 0.3 is 7.12 Å². The number of halogens is 1. The molecule has 0 spiro atoms. The number of hydrogen-bond acceptors (Lipinski definition) is 2. The first-order chi connectivity index (χ1) is 8.57. The Labute approximate surface area is 115 Å². The van der Waals surface area contributed by atoms with Crippen LogP contribution in [0, 0.1) is 26.6 Å². The molecule has 1 aromatic carbocycles. The Hall–Kier alpha value is -0.865. The standard InChI is InChI=1S/C15H22BFO2/c1-9-8-10(2)13(17)11(3)12(9)16-18-14(4,5)15(6,7)19-16/h8H,1-7H3. The van der Waals surface area contributed by atoms with Crippen LogP contribution < -0.4 is 5.46 Å².